The van der Waals surface area contributed by atoms with Gasteiger partial charge in [0.25, 0.3) is 11.1 Å². The third-order valence-corrected chi connectivity index (χ3v) is 5.74. The van der Waals surface area contributed by atoms with Crippen LogP contribution < -0.4 is 9.47 Å². The zero-order chi connectivity index (χ0) is 23.4. The van der Waals surface area contributed by atoms with Crippen molar-refractivity contribution in [2.45, 2.75) is 19.6 Å². The van der Waals surface area contributed by atoms with Gasteiger partial charge in [0, 0.05) is 0 Å². The predicted molar refractivity (Wildman–Crippen MR) is 118 cm³/mol. The number of amides is 2. The SMILES string of the molecule is COC(=O)[C@@H](C)N1C(=O)S/C(=C/c2cc(Cl)c(OCc3cccc(F)c3)c(OC)c2)C1=O. The number of carbonyl (C=O) groups excluding carboxylic acids is 3. The van der Waals surface area contributed by atoms with Gasteiger partial charge in [0.2, 0.25) is 0 Å². The molecule has 1 saturated heterocycles. The molecule has 0 aliphatic carbocycles. The second-order valence-electron chi connectivity index (χ2n) is 6.70. The van der Waals surface area contributed by atoms with Crippen LogP contribution >= 0.6 is 23.4 Å². The highest BCUT2D eigenvalue weighted by Crippen LogP contribution is 2.39. The maximum absolute atomic E-state index is 13.4. The zero-order valence-corrected chi connectivity index (χ0v) is 19.0. The molecule has 3 rings (SSSR count). The largest absolute Gasteiger partial charge is 0.493 e. The van der Waals surface area contributed by atoms with Crippen LogP contribution in [0.4, 0.5) is 9.18 Å². The minimum Gasteiger partial charge on any atom is -0.493 e. The molecule has 2 aromatic rings. The van der Waals surface area contributed by atoms with Gasteiger partial charge in [-0.1, -0.05) is 23.7 Å². The summed E-state index contributed by atoms with van der Waals surface area (Å²) in [6, 6.07) is 8.05. The van der Waals surface area contributed by atoms with Crippen molar-refractivity contribution in [3.8, 4) is 11.5 Å². The Bertz CT molecular complexity index is 1110. The zero-order valence-electron chi connectivity index (χ0n) is 17.4. The highest BCUT2D eigenvalue weighted by Gasteiger charge is 2.41. The highest BCUT2D eigenvalue weighted by atomic mass is 35.5. The molecule has 1 atom stereocenters. The van der Waals surface area contributed by atoms with E-state index in [-0.39, 0.29) is 28.1 Å². The number of nitrogens with zero attached hydrogens (tertiary/aromatic N) is 1. The van der Waals surface area contributed by atoms with E-state index < -0.39 is 23.2 Å². The van der Waals surface area contributed by atoms with Gasteiger partial charge in [-0.3, -0.25) is 14.5 Å². The molecule has 32 heavy (non-hydrogen) atoms. The fourth-order valence-corrected chi connectivity index (χ4v) is 4.17. The number of halogens is 2. The predicted octanol–water partition coefficient (Wildman–Crippen LogP) is 4.66. The number of benzene rings is 2. The first-order valence-electron chi connectivity index (χ1n) is 9.34. The molecule has 0 N–H and O–H groups in total. The Morgan fingerprint density at radius 1 is 1.25 bits per heavy atom. The molecule has 1 aliphatic heterocycles. The average Bonchev–Trinajstić information content (AvgIpc) is 3.04. The standard InChI is InChI=1S/C22H19ClFNO6S/c1-12(21(27)30-3)25-20(26)18(32-22(25)28)10-14-8-16(23)19(17(9-14)29-2)31-11-13-5-4-6-15(24)7-13/h4-10,12H,11H2,1-3H3/b18-10+/t12-/m1/s1. The van der Waals surface area contributed by atoms with Crippen LogP contribution in [0.1, 0.15) is 18.1 Å². The van der Waals surface area contributed by atoms with E-state index in [1.165, 1.54) is 39.4 Å². The van der Waals surface area contributed by atoms with Crippen LogP contribution in [-0.2, 0) is 20.9 Å². The first kappa shape index (κ1) is 23.6. The third kappa shape index (κ3) is 5.05. The molecule has 2 amide bonds. The van der Waals surface area contributed by atoms with E-state index in [4.69, 9.17) is 21.1 Å². The Hall–Kier alpha value is -3.04. The molecular formula is C22H19ClFNO6S. The van der Waals surface area contributed by atoms with Crippen molar-refractivity contribution in [3.63, 3.8) is 0 Å². The van der Waals surface area contributed by atoms with Gasteiger partial charge in [0.05, 0.1) is 24.1 Å². The van der Waals surface area contributed by atoms with Gasteiger partial charge in [0.15, 0.2) is 11.5 Å². The number of imide groups is 1. The van der Waals surface area contributed by atoms with Crippen LogP contribution in [0.5, 0.6) is 11.5 Å². The Kier molecular flexibility index (Phi) is 7.42. The topological polar surface area (TPSA) is 82.1 Å². The second-order valence-corrected chi connectivity index (χ2v) is 8.10. The van der Waals surface area contributed by atoms with Crippen molar-refractivity contribution in [1.82, 2.24) is 4.90 Å². The molecule has 10 heteroatoms. The molecule has 1 aliphatic rings. The Morgan fingerprint density at radius 3 is 2.66 bits per heavy atom. The van der Waals surface area contributed by atoms with E-state index in [0.29, 0.717) is 28.6 Å². The number of ether oxygens (including phenoxy) is 3. The van der Waals surface area contributed by atoms with Crippen molar-refractivity contribution >= 4 is 46.6 Å². The summed E-state index contributed by atoms with van der Waals surface area (Å²) in [5.41, 5.74) is 1.10. The number of rotatable bonds is 7. The number of thioether (sulfide) groups is 1. The summed E-state index contributed by atoms with van der Waals surface area (Å²) in [6.45, 7) is 1.48. The molecule has 7 nitrogen and oxygen atoms in total. The van der Waals surface area contributed by atoms with E-state index in [2.05, 4.69) is 4.74 Å². The second kappa shape index (κ2) is 10.1. The fraction of sp³-hybridized carbons (Fsp3) is 0.227. The normalized spacial score (nSPS) is 15.8. The van der Waals surface area contributed by atoms with Crippen LogP contribution in [0.3, 0.4) is 0 Å². The van der Waals surface area contributed by atoms with Gasteiger partial charge in [-0.25, -0.2) is 9.18 Å². The van der Waals surface area contributed by atoms with Crippen molar-refractivity contribution in [1.29, 1.82) is 0 Å². The smallest absolute Gasteiger partial charge is 0.328 e. The quantitative estimate of drug-likeness (QED) is 0.421. The van der Waals surface area contributed by atoms with Gasteiger partial charge < -0.3 is 14.2 Å². The van der Waals surface area contributed by atoms with Crippen molar-refractivity contribution in [3.05, 3.63) is 63.3 Å². The summed E-state index contributed by atoms with van der Waals surface area (Å²) < 4.78 is 29.1. The maximum Gasteiger partial charge on any atom is 0.328 e. The lowest BCUT2D eigenvalue weighted by Crippen LogP contribution is -2.42. The number of hydrogen-bond acceptors (Lipinski definition) is 7. The third-order valence-electron chi connectivity index (χ3n) is 4.57. The lowest BCUT2D eigenvalue weighted by atomic mass is 10.1. The summed E-state index contributed by atoms with van der Waals surface area (Å²) in [7, 11) is 2.61. The Labute approximate surface area is 193 Å². The van der Waals surface area contributed by atoms with Crippen molar-refractivity contribution in [2.24, 2.45) is 0 Å². The Balaban J connectivity index is 1.84. The van der Waals surface area contributed by atoms with Crippen molar-refractivity contribution < 1.29 is 33.0 Å². The maximum atomic E-state index is 13.4. The van der Waals surface area contributed by atoms with E-state index in [1.54, 1.807) is 24.3 Å². The number of carbonyl (C=O) groups is 3. The van der Waals surface area contributed by atoms with Gasteiger partial charge in [-0.05, 0) is 60.2 Å². The van der Waals surface area contributed by atoms with Gasteiger partial charge in [-0.15, -0.1) is 0 Å². The molecule has 1 fully saturated rings. The van der Waals surface area contributed by atoms with E-state index in [9.17, 15) is 18.8 Å². The monoisotopic (exact) mass is 479 g/mol. The number of methoxy groups -OCH3 is 2. The summed E-state index contributed by atoms with van der Waals surface area (Å²) in [5.74, 6) is -1.14. The van der Waals surface area contributed by atoms with Crippen LogP contribution in [-0.4, -0.2) is 42.3 Å². The molecule has 0 unspecified atom stereocenters. The summed E-state index contributed by atoms with van der Waals surface area (Å²) >= 11 is 7.07. The highest BCUT2D eigenvalue weighted by molar-refractivity contribution is 8.18. The van der Waals surface area contributed by atoms with Gasteiger partial charge in [0.1, 0.15) is 18.5 Å². The number of esters is 1. The van der Waals surface area contributed by atoms with Crippen LogP contribution in [0, 0.1) is 5.82 Å². The minimum absolute atomic E-state index is 0.0670. The Morgan fingerprint density at radius 2 is 2.00 bits per heavy atom. The van der Waals surface area contributed by atoms with E-state index in [1.807, 2.05) is 0 Å². The molecule has 0 aromatic heterocycles. The fourth-order valence-electron chi connectivity index (χ4n) is 2.99. The lowest BCUT2D eigenvalue weighted by molar-refractivity contribution is -0.148. The van der Waals surface area contributed by atoms with Gasteiger partial charge in [-0.2, -0.15) is 0 Å². The first-order valence-corrected chi connectivity index (χ1v) is 10.5. The van der Waals surface area contributed by atoms with Gasteiger partial charge >= 0.3 is 5.97 Å². The molecular weight excluding hydrogens is 461 g/mol. The summed E-state index contributed by atoms with van der Waals surface area (Å²) in [6.07, 6.45) is 1.47. The van der Waals surface area contributed by atoms with E-state index in [0.717, 1.165) is 4.90 Å². The van der Waals surface area contributed by atoms with Crippen LogP contribution in [0.2, 0.25) is 5.02 Å². The molecule has 0 radical (unpaired) electrons. The molecule has 2 aromatic carbocycles. The molecule has 0 bridgehead atoms. The molecule has 0 saturated carbocycles. The summed E-state index contributed by atoms with van der Waals surface area (Å²) in [4.78, 5) is 37.6. The lowest BCUT2D eigenvalue weighted by Gasteiger charge is -2.18. The molecule has 1 heterocycles. The van der Waals surface area contributed by atoms with E-state index >= 15 is 0 Å². The summed E-state index contributed by atoms with van der Waals surface area (Å²) in [5, 5.41) is -0.374. The van der Waals surface area contributed by atoms with Crippen LogP contribution in [0.15, 0.2) is 41.3 Å². The average molecular weight is 480 g/mol. The first-order chi connectivity index (χ1) is 15.2. The molecule has 168 valence electrons. The molecule has 0 spiro atoms. The van der Waals surface area contributed by atoms with Crippen molar-refractivity contribution in [2.75, 3.05) is 14.2 Å². The van der Waals surface area contributed by atoms with Crippen LogP contribution in [0.25, 0.3) is 6.08 Å². The minimum atomic E-state index is -1.05. The number of hydrogen-bond donors (Lipinski definition) is 0.